The molecule has 1 nitrogen and oxygen atoms in total. The molecule has 0 aromatic heterocycles. The van der Waals surface area contributed by atoms with Gasteiger partial charge < -0.3 is 0 Å². The standard InChI is InChI=1S/C20H26O/c1-11-7-16-12(9-18(11)21)3-4-15-14(16)5-6-20(2)10-13-8-17(13)19(15)20/h9,13-17,19H,1,3-8,10H2,2H3/t13-,14+,15-,16+,17-,19-,20-/m1/s1. The van der Waals surface area contributed by atoms with Gasteiger partial charge in [-0.3, -0.25) is 4.79 Å². The maximum absolute atomic E-state index is 11.9. The molecule has 0 unspecified atom stereocenters. The molecule has 5 aliphatic carbocycles. The van der Waals surface area contributed by atoms with Crippen molar-refractivity contribution < 1.29 is 4.79 Å². The molecule has 0 amide bonds. The molecule has 0 spiro atoms. The average Bonchev–Trinajstić information content (AvgIpc) is 3.11. The largest absolute Gasteiger partial charge is 0.290 e. The molecular weight excluding hydrogens is 256 g/mol. The zero-order valence-electron chi connectivity index (χ0n) is 13.1. The summed E-state index contributed by atoms with van der Waals surface area (Å²) >= 11 is 0. The maximum atomic E-state index is 11.9. The van der Waals surface area contributed by atoms with Gasteiger partial charge in [-0.15, -0.1) is 0 Å². The molecular formula is C20H26O. The van der Waals surface area contributed by atoms with Crippen molar-refractivity contribution in [2.24, 2.45) is 40.9 Å². The molecule has 0 heterocycles. The van der Waals surface area contributed by atoms with Crippen LogP contribution in [0.4, 0.5) is 0 Å². The van der Waals surface area contributed by atoms with E-state index >= 15 is 0 Å². The Labute approximate surface area is 127 Å². The lowest BCUT2D eigenvalue weighted by atomic mass is 9.51. The van der Waals surface area contributed by atoms with Crippen LogP contribution in [0, 0.1) is 40.9 Å². The van der Waals surface area contributed by atoms with Crippen LogP contribution in [0.5, 0.6) is 0 Å². The lowest BCUT2D eigenvalue weighted by molar-refractivity contribution is -0.112. The van der Waals surface area contributed by atoms with Gasteiger partial charge >= 0.3 is 0 Å². The molecule has 7 atom stereocenters. The number of carbonyl (C=O) groups is 1. The highest BCUT2D eigenvalue weighted by atomic mass is 16.1. The van der Waals surface area contributed by atoms with Crippen LogP contribution in [0.25, 0.3) is 0 Å². The first-order valence-electron chi connectivity index (χ1n) is 8.99. The van der Waals surface area contributed by atoms with Crippen LogP contribution in [-0.4, -0.2) is 5.78 Å². The fourth-order valence-electron chi connectivity index (χ4n) is 7.06. The second-order valence-electron chi connectivity index (χ2n) is 8.95. The van der Waals surface area contributed by atoms with Crippen LogP contribution < -0.4 is 0 Å². The topological polar surface area (TPSA) is 17.1 Å². The minimum Gasteiger partial charge on any atom is -0.290 e. The first-order valence-corrected chi connectivity index (χ1v) is 8.99. The summed E-state index contributed by atoms with van der Waals surface area (Å²) in [6, 6.07) is 0. The molecule has 112 valence electrons. The highest BCUT2D eigenvalue weighted by Gasteiger charge is 2.64. The lowest BCUT2D eigenvalue weighted by Gasteiger charge is -2.53. The van der Waals surface area contributed by atoms with Gasteiger partial charge in [0.15, 0.2) is 5.78 Å². The Balaban J connectivity index is 1.50. The van der Waals surface area contributed by atoms with E-state index in [2.05, 4.69) is 13.5 Å². The van der Waals surface area contributed by atoms with Crippen molar-refractivity contribution >= 4 is 5.78 Å². The van der Waals surface area contributed by atoms with Crippen molar-refractivity contribution in [2.45, 2.75) is 51.9 Å². The molecule has 0 bridgehead atoms. The van der Waals surface area contributed by atoms with Crippen molar-refractivity contribution in [2.75, 3.05) is 0 Å². The number of hydrogen-bond donors (Lipinski definition) is 0. The molecule has 0 saturated heterocycles. The van der Waals surface area contributed by atoms with E-state index in [1.54, 1.807) is 0 Å². The molecule has 21 heavy (non-hydrogen) atoms. The van der Waals surface area contributed by atoms with Crippen LogP contribution in [0.2, 0.25) is 0 Å². The van der Waals surface area contributed by atoms with Crippen LogP contribution in [0.3, 0.4) is 0 Å². The average molecular weight is 282 g/mol. The van der Waals surface area contributed by atoms with Gasteiger partial charge in [-0.2, -0.15) is 0 Å². The molecule has 4 saturated carbocycles. The maximum Gasteiger partial charge on any atom is 0.181 e. The highest BCUT2D eigenvalue weighted by molar-refractivity contribution is 6.05. The van der Waals surface area contributed by atoms with Crippen molar-refractivity contribution in [1.82, 2.24) is 0 Å². The Morgan fingerprint density at radius 3 is 2.95 bits per heavy atom. The van der Waals surface area contributed by atoms with Gasteiger partial charge in [0.05, 0.1) is 0 Å². The number of rotatable bonds is 0. The van der Waals surface area contributed by atoms with E-state index < -0.39 is 0 Å². The zero-order chi connectivity index (χ0) is 14.4. The number of allylic oxidation sites excluding steroid dienone is 2. The van der Waals surface area contributed by atoms with Crippen LogP contribution in [0.15, 0.2) is 23.8 Å². The fraction of sp³-hybridized carbons (Fsp3) is 0.750. The van der Waals surface area contributed by atoms with E-state index in [0.29, 0.717) is 11.3 Å². The van der Waals surface area contributed by atoms with Crippen molar-refractivity contribution in [1.29, 1.82) is 0 Å². The van der Waals surface area contributed by atoms with Crippen molar-refractivity contribution in [3.63, 3.8) is 0 Å². The number of hydrogen-bond acceptors (Lipinski definition) is 1. The molecule has 0 N–H and O–H groups in total. The summed E-state index contributed by atoms with van der Waals surface area (Å²) in [7, 11) is 0. The highest BCUT2D eigenvalue weighted by Crippen LogP contribution is 2.72. The van der Waals surface area contributed by atoms with Gasteiger partial charge in [0.25, 0.3) is 0 Å². The summed E-state index contributed by atoms with van der Waals surface area (Å²) in [5.74, 6) is 5.84. The summed E-state index contributed by atoms with van der Waals surface area (Å²) in [5.41, 5.74) is 3.01. The zero-order valence-corrected chi connectivity index (χ0v) is 13.1. The van der Waals surface area contributed by atoms with E-state index in [-0.39, 0.29) is 5.78 Å². The Morgan fingerprint density at radius 2 is 2.10 bits per heavy atom. The molecule has 0 aromatic carbocycles. The minimum atomic E-state index is 0.212. The number of carbonyl (C=O) groups excluding carboxylic acids is 1. The predicted octanol–water partition coefficient (Wildman–Crippen LogP) is 4.54. The quantitative estimate of drug-likeness (QED) is 0.596. The molecule has 5 aliphatic rings. The third-order valence-corrected chi connectivity index (χ3v) is 7.92. The Bertz CT molecular complexity index is 570. The Morgan fingerprint density at radius 1 is 1.24 bits per heavy atom. The Kier molecular flexibility index (Phi) is 2.36. The minimum absolute atomic E-state index is 0.212. The van der Waals surface area contributed by atoms with Crippen LogP contribution in [0.1, 0.15) is 51.9 Å². The van der Waals surface area contributed by atoms with Gasteiger partial charge in [0.1, 0.15) is 0 Å². The van der Waals surface area contributed by atoms with E-state index in [4.69, 9.17) is 0 Å². The molecule has 4 fully saturated rings. The number of fused-ring (bicyclic) bond motifs is 7. The lowest BCUT2D eigenvalue weighted by Crippen LogP contribution is -2.46. The van der Waals surface area contributed by atoms with E-state index in [9.17, 15) is 4.79 Å². The molecule has 5 rings (SSSR count). The predicted molar refractivity (Wildman–Crippen MR) is 83.6 cm³/mol. The molecule has 1 heteroatoms. The normalized spacial score (nSPS) is 54.2. The number of ketones is 1. The second-order valence-corrected chi connectivity index (χ2v) is 8.95. The molecule has 0 aromatic rings. The first-order chi connectivity index (χ1) is 10.1. The van der Waals surface area contributed by atoms with Gasteiger partial charge in [-0.05, 0) is 97.5 Å². The summed E-state index contributed by atoms with van der Waals surface area (Å²) in [5, 5.41) is 0. The molecule has 0 aliphatic heterocycles. The van der Waals surface area contributed by atoms with E-state index in [0.717, 1.165) is 41.6 Å². The first kappa shape index (κ1) is 12.7. The summed E-state index contributed by atoms with van der Waals surface area (Å²) in [6.07, 6.45) is 11.4. The summed E-state index contributed by atoms with van der Waals surface area (Å²) < 4.78 is 0. The van der Waals surface area contributed by atoms with Crippen LogP contribution >= 0.6 is 0 Å². The fourth-order valence-corrected chi connectivity index (χ4v) is 7.06. The van der Waals surface area contributed by atoms with Crippen LogP contribution in [-0.2, 0) is 4.79 Å². The molecule has 0 radical (unpaired) electrons. The van der Waals surface area contributed by atoms with Gasteiger partial charge in [-0.1, -0.05) is 19.1 Å². The van der Waals surface area contributed by atoms with Crippen molar-refractivity contribution in [3.05, 3.63) is 23.8 Å². The van der Waals surface area contributed by atoms with Gasteiger partial charge in [0.2, 0.25) is 0 Å². The monoisotopic (exact) mass is 282 g/mol. The van der Waals surface area contributed by atoms with Gasteiger partial charge in [0, 0.05) is 0 Å². The third-order valence-electron chi connectivity index (χ3n) is 7.92. The second kappa shape index (κ2) is 3.91. The smallest absolute Gasteiger partial charge is 0.181 e. The van der Waals surface area contributed by atoms with Crippen molar-refractivity contribution in [3.8, 4) is 0 Å². The third kappa shape index (κ3) is 1.61. The van der Waals surface area contributed by atoms with Gasteiger partial charge in [-0.25, -0.2) is 0 Å². The SMILES string of the molecule is C=C1C[C@H]2C(=CC1=O)CC[C@@H]1[C@@H]2CC[C@]2(C)C[C@H]3C[C@H]3[C@@H]12. The van der Waals surface area contributed by atoms with E-state index in [1.807, 2.05) is 6.08 Å². The van der Waals surface area contributed by atoms with E-state index in [1.165, 1.54) is 44.1 Å². The summed E-state index contributed by atoms with van der Waals surface area (Å²) in [4.78, 5) is 11.9. The Hall–Kier alpha value is -0.850. The summed E-state index contributed by atoms with van der Waals surface area (Å²) in [6.45, 7) is 6.63.